The summed E-state index contributed by atoms with van der Waals surface area (Å²) in [6.07, 6.45) is 8.22. The first-order chi connectivity index (χ1) is 12.6. The van der Waals surface area contributed by atoms with Gasteiger partial charge < -0.3 is 4.90 Å². The molecule has 1 aliphatic heterocycles. The van der Waals surface area contributed by atoms with Gasteiger partial charge in [-0.3, -0.25) is 0 Å². The second kappa shape index (κ2) is 5.69. The molecule has 0 saturated carbocycles. The number of hydrogen-bond acceptors (Lipinski definition) is 6. The van der Waals surface area contributed by atoms with Crippen LogP contribution in [0.3, 0.4) is 0 Å². The maximum Gasteiger partial charge on any atom is 0.158 e. The van der Waals surface area contributed by atoms with Gasteiger partial charge in [-0.2, -0.15) is 0 Å². The number of aryl methyl sites for hydroxylation is 3. The van der Waals surface area contributed by atoms with Crippen LogP contribution in [0, 0.1) is 13.8 Å². The van der Waals surface area contributed by atoms with Gasteiger partial charge in [0.05, 0.1) is 11.2 Å². The van der Waals surface area contributed by atoms with Crippen molar-refractivity contribution in [3.63, 3.8) is 0 Å². The molecule has 26 heavy (non-hydrogen) atoms. The molecule has 6 nitrogen and oxygen atoms in total. The van der Waals surface area contributed by atoms with Crippen molar-refractivity contribution < 1.29 is 0 Å². The maximum atomic E-state index is 4.85. The highest BCUT2D eigenvalue weighted by molar-refractivity contribution is 5.85. The van der Waals surface area contributed by atoms with Crippen LogP contribution in [-0.2, 0) is 11.8 Å². The van der Waals surface area contributed by atoms with Gasteiger partial charge in [0.15, 0.2) is 5.82 Å². The molecule has 0 aromatic carbocycles. The molecule has 1 spiro atoms. The van der Waals surface area contributed by atoms with E-state index in [1.807, 2.05) is 32.2 Å². The number of anilines is 1. The number of hydrogen-bond donors (Lipinski definition) is 0. The van der Waals surface area contributed by atoms with Crippen LogP contribution in [0.1, 0.15) is 42.0 Å². The monoisotopic (exact) mass is 346 g/mol. The number of rotatable bonds is 1. The van der Waals surface area contributed by atoms with Gasteiger partial charge in [0, 0.05) is 30.4 Å². The van der Waals surface area contributed by atoms with Crippen LogP contribution in [0.2, 0.25) is 0 Å². The summed E-state index contributed by atoms with van der Waals surface area (Å²) in [5.74, 6) is 1.82. The van der Waals surface area contributed by atoms with Gasteiger partial charge in [-0.25, -0.2) is 24.9 Å². The predicted molar refractivity (Wildman–Crippen MR) is 100 cm³/mol. The summed E-state index contributed by atoms with van der Waals surface area (Å²) in [5.41, 5.74) is 5.50. The van der Waals surface area contributed by atoms with E-state index in [-0.39, 0.29) is 5.41 Å². The Balaban J connectivity index is 1.58. The molecular weight excluding hydrogens is 324 g/mol. The third-order valence-electron chi connectivity index (χ3n) is 5.84. The largest absolute Gasteiger partial charge is 0.354 e. The van der Waals surface area contributed by atoms with Crippen molar-refractivity contribution in [1.29, 1.82) is 0 Å². The summed E-state index contributed by atoms with van der Waals surface area (Å²) in [6, 6.07) is 4.04. The molecule has 3 aromatic rings. The summed E-state index contributed by atoms with van der Waals surface area (Å²) in [5, 5.41) is 0. The first-order valence-corrected chi connectivity index (χ1v) is 9.31. The molecule has 5 rings (SSSR count). The minimum atomic E-state index is 0.113. The van der Waals surface area contributed by atoms with E-state index in [0.29, 0.717) is 0 Å². The first-order valence-electron chi connectivity index (χ1n) is 9.31. The highest BCUT2D eigenvalue weighted by Gasteiger charge is 2.44. The van der Waals surface area contributed by atoms with E-state index in [0.717, 1.165) is 60.7 Å². The lowest BCUT2D eigenvalue weighted by atomic mass is 9.77. The van der Waals surface area contributed by atoms with Crippen molar-refractivity contribution in [2.45, 2.75) is 44.9 Å². The molecule has 0 bridgehead atoms. The minimum Gasteiger partial charge on any atom is -0.354 e. The number of nitrogens with zero attached hydrogens (tertiary/aromatic N) is 6. The van der Waals surface area contributed by atoms with Crippen molar-refractivity contribution in [3.8, 4) is 0 Å². The highest BCUT2D eigenvalue weighted by atomic mass is 15.2. The molecule has 6 heteroatoms. The first kappa shape index (κ1) is 15.6. The molecule has 4 heterocycles. The normalized spacial score (nSPS) is 22.2. The third kappa shape index (κ3) is 2.35. The van der Waals surface area contributed by atoms with Crippen LogP contribution >= 0.6 is 0 Å². The molecule has 132 valence electrons. The van der Waals surface area contributed by atoms with Gasteiger partial charge in [-0.15, -0.1) is 0 Å². The van der Waals surface area contributed by atoms with Gasteiger partial charge in [0.1, 0.15) is 17.7 Å². The Morgan fingerprint density at radius 3 is 2.88 bits per heavy atom. The number of fused-ring (bicyclic) bond motifs is 3. The zero-order valence-electron chi connectivity index (χ0n) is 15.2. The number of aromatic nitrogens is 5. The molecule has 3 aromatic heterocycles. The highest BCUT2D eigenvalue weighted by Crippen LogP contribution is 2.44. The number of pyridine rings is 1. The second-order valence-electron chi connectivity index (χ2n) is 7.61. The Kier molecular flexibility index (Phi) is 3.42. The lowest BCUT2D eigenvalue weighted by molar-refractivity contribution is 0.333. The van der Waals surface area contributed by atoms with Crippen LogP contribution in [0.4, 0.5) is 5.82 Å². The Morgan fingerprint density at radius 1 is 1.04 bits per heavy atom. The third-order valence-corrected chi connectivity index (χ3v) is 5.84. The summed E-state index contributed by atoms with van der Waals surface area (Å²) in [7, 11) is 0. The molecular formula is C20H22N6. The zero-order chi connectivity index (χ0) is 17.7. The molecule has 0 amide bonds. The Labute approximate surface area is 152 Å². The quantitative estimate of drug-likeness (QED) is 0.675. The van der Waals surface area contributed by atoms with E-state index in [1.54, 1.807) is 6.33 Å². The molecule has 1 unspecified atom stereocenters. The van der Waals surface area contributed by atoms with Crippen LogP contribution in [-0.4, -0.2) is 38.0 Å². The predicted octanol–water partition coefficient (Wildman–Crippen LogP) is 2.92. The van der Waals surface area contributed by atoms with Crippen molar-refractivity contribution >= 4 is 16.9 Å². The average Bonchev–Trinajstić information content (AvgIpc) is 2.98. The minimum absolute atomic E-state index is 0.113. The van der Waals surface area contributed by atoms with Crippen LogP contribution in [0.25, 0.3) is 11.0 Å². The van der Waals surface area contributed by atoms with Crippen molar-refractivity contribution in [2.24, 2.45) is 0 Å². The van der Waals surface area contributed by atoms with E-state index in [9.17, 15) is 0 Å². The van der Waals surface area contributed by atoms with Crippen LogP contribution in [0.15, 0.2) is 24.7 Å². The Bertz CT molecular complexity index is 997. The van der Waals surface area contributed by atoms with Crippen molar-refractivity contribution in [2.75, 3.05) is 18.0 Å². The molecule has 0 radical (unpaired) electrons. The summed E-state index contributed by atoms with van der Waals surface area (Å²) < 4.78 is 0. The van der Waals surface area contributed by atoms with Gasteiger partial charge in [0.25, 0.3) is 0 Å². The van der Waals surface area contributed by atoms with E-state index < -0.39 is 0 Å². The second-order valence-corrected chi connectivity index (χ2v) is 7.61. The lowest BCUT2D eigenvalue weighted by Gasteiger charge is -2.41. The van der Waals surface area contributed by atoms with Crippen LogP contribution < -0.4 is 4.90 Å². The Morgan fingerprint density at radius 2 is 1.96 bits per heavy atom. The summed E-state index contributed by atoms with van der Waals surface area (Å²) in [4.78, 5) is 25.4. The standard InChI is InChI=1S/C20H22N6/c1-13-4-5-16-17(24-13)19(23-12-22-16)26-9-3-7-20(11-26)8-6-15-10-21-14(2)25-18(15)20/h4-5,10,12H,3,6-9,11H2,1-2H3. The molecule has 1 atom stereocenters. The maximum absolute atomic E-state index is 4.85. The molecule has 1 fully saturated rings. The molecule has 2 aliphatic rings. The van der Waals surface area contributed by atoms with E-state index >= 15 is 0 Å². The SMILES string of the molecule is Cc1ccc2ncnc(N3CCCC4(CCc5cnc(C)nc54)C3)c2n1. The molecule has 1 aliphatic carbocycles. The van der Waals surface area contributed by atoms with Gasteiger partial charge in [0.2, 0.25) is 0 Å². The molecule has 1 saturated heterocycles. The van der Waals surface area contributed by atoms with Gasteiger partial charge in [-0.1, -0.05) is 0 Å². The van der Waals surface area contributed by atoms with Crippen molar-refractivity contribution in [3.05, 3.63) is 47.4 Å². The Hall–Kier alpha value is -2.63. The van der Waals surface area contributed by atoms with E-state index in [1.165, 1.54) is 17.7 Å². The smallest absolute Gasteiger partial charge is 0.158 e. The fourth-order valence-electron chi connectivity index (χ4n) is 4.60. The lowest BCUT2D eigenvalue weighted by Crippen LogP contribution is -2.46. The van der Waals surface area contributed by atoms with Gasteiger partial charge >= 0.3 is 0 Å². The zero-order valence-corrected chi connectivity index (χ0v) is 15.2. The fourth-order valence-corrected chi connectivity index (χ4v) is 4.60. The van der Waals surface area contributed by atoms with Crippen LogP contribution in [0.5, 0.6) is 0 Å². The van der Waals surface area contributed by atoms with Crippen molar-refractivity contribution in [1.82, 2.24) is 24.9 Å². The summed E-state index contributed by atoms with van der Waals surface area (Å²) in [6.45, 7) is 5.94. The van der Waals surface area contributed by atoms with Gasteiger partial charge in [-0.05, 0) is 57.2 Å². The topological polar surface area (TPSA) is 67.7 Å². The fraction of sp³-hybridized carbons (Fsp3) is 0.450. The average molecular weight is 346 g/mol. The summed E-state index contributed by atoms with van der Waals surface area (Å²) >= 11 is 0. The van der Waals surface area contributed by atoms with E-state index in [4.69, 9.17) is 9.97 Å². The van der Waals surface area contributed by atoms with E-state index in [2.05, 4.69) is 19.9 Å². The molecule has 0 N–H and O–H groups in total. The number of piperidine rings is 1.